The van der Waals surface area contributed by atoms with Gasteiger partial charge >= 0.3 is 0 Å². The SMILES string of the molecule is CC(=O)Nc1cccc(NC(=O)c2ccnc(N3CCN(C=O)CC3)c2)c1. The van der Waals surface area contributed by atoms with Gasteiger partial charge in [-0.2, -0.15) is 0 Å². The van der Waals surface area contributed by atoms with Crippen molar-refractivity contribution in [3.8, 4) is 0 Å². The lowest BCUT2D eigenvalue weighted by molar-refractivity contribution is -0.118. The molecule has 2 N–H and O–H groups in total. The van der Waals surface area contributed by atoms with Gasteiger partial charge in [0, 0.05) is 56.2 Å². The van der Waals surface area contributed by atoms with Crippen molar-refractivity contribution < 1.29 is 14.4 Å². The molecule has 2 aromatic rings. The number of piperazine rings is 1. The minimum Gasteiger partial charge on any atom is -0.353 e. The van der Waals surface area contributed by atoms with E-state index < -0.39 is 0 Å². The van der Waals surface area contributed by atoms with E-state index in [1.165, 1.54) is 6.92 Å². The third-order valence-electron chi connectivity index (χ3n) is 4.24. The summed E-state index contributed by atoms with van der Waals surface area (Å²) in [7, 11) is 0. The molecular weight excluding hydrogens is 346 g/mol. The number of nitrogens with one attached hydrogen (secondary N) is 2. The van der Waals surface area contributed by atoms with Crippen LogP contribution in [-0.4, -0.2) is 54.3 Å². The molecule has 8 nitrogen and oxygen atoms in total. The molecule has 8 heteroatoms. The van der Waals surface area contributed by atoms with E-state index in [9.17, 15) is 14.4 Å². The van der Waals surface area contributed by atoms with E-state index in [-0.39, 0.29) is 11.8 Å². The molecule has 0 aliphatic carbocycles. The Morgan fingerprint density at radius 3 is 2.41 bits per heavy atom. The fraction of sp³-hybridized carbons (Fsp3) is 0.263. The van der Waals surface area contributed by atoms with E-state index in [4.69, 9.17) is 0 Å². The lowest BCUT2D eigenvalue weighted by Gasteiger charge is -2.33. The molecule has 0 saturated carbocycles. The molecule has 0 bridgehead atoms. The number of pyridine rings is 1. The van der Waals surface area contributed by atoms with Crippen molar-refractivity contribution in [1.82, 2.24) is 9.88 Å². The van der Waals surface area contributed by atoms with Crippen LogP contribution in [0.1, 0.15) is 17.3 Å². The summed E-state index contributed by atoms with van der Waals surface area (Å²) >= 11 is 0. The summed E-state index contributed by atoms with van der Waals surface area (Å²) in [5.41, 5.74) is 1.69. The molecule has 27 heavy (non-hydrogen) atoms. The van der Waals surface area contributed by atoms with Crippen LogP contribution in [0, 0.1) is 0 Å². The summed E-state index contributed by atoms with van der Waals surface area (Å²) in [6, 6.07) is 10.3. The Hall–Kier alpha value is -3.42. The smallest absolute Gasteiger partial charge is 0.255 e. The Morgan fingerprint density at radius 2 is 1.74 bits per heavy atom. The summed E-state index contributed by atoms with van der Waals surface area (Å²) < 4.78 is 0. The average Bonchev–Trinajstić information content (AvgIpc) is 2.68. The zero-order valence-electron chi connectivity index (χ0n) is 15.0. The van der Waals surface area contributed by atoms with Crippen LogP contribution in [0.4, 0.5) is 17.2 Å². The molecule has 1 aromatic carbocycles. The number of hydrogen-bond acceptors (Lipinski definition) is 5. The van der Waals surface area contributed by atoms with Crippen molar-refractivity contribution >= 4 is 35.4 Å². The number of anilines is 3. The third-order valence-corrected chi connectivity index (χ3v) is 4.24. The Balaban J connectivity index is 1.69. The van der Waals surface area contributed by atoms with Gasteiger partial charge in [0.15, 0.2) is 0 Å². The van der Waals surface area contributed by atoms with Crippen molar-refractivity contribution in [2.75, 3.05) is 41.7 Å². The van der Waals surface area contributed by atoms with E-state index >= 15 is 0 Å². The van der Waals surface area contributed by atoms with Gasteiger partial charge in [-0.1, -0.05) is 6.07 Å². The number of amides is 3. The molecular formula is C19H21N5O3. The fourth-order valence-corrected chi connectivity index (χ4v) is 2.87. The first-order valence-corrected chi connectivity index (χ1v) is 8.64. The highest BCUT2D eigenvalue weighted by molar-refractivity contribution is 6.05. The average molecular weight is 367 g/mol. The highest BCUT2D eigenvalue weighted by atomic mass is 16.2. The number of rotatable bonds is 5. The van der Waals surface area contributed by atoms with E-state index in [0.29, 0.717) is 48.9 Å². The van der Waals surface area contributed by atoms with Gasteiger partial charge in [-0.3, -0.25) is 14.4 Å². The lowest BCUT2D eigenvalue weighted by atomic mass is 10.2. The molecule has 3 amide bonds. The molecule has 1 fully saturated rings. The van der Waals surface area contributed by atoms with Crippen LogP contribution in [0.5, 0.6) is 0 Å². The Kier molecular flexibility index (Phi) is 5.65. The topological polar surface area (TPSA) is 94.6 Å². The maximum absolute atomic E-state index is 12.6. The number of carbonyl (C=O) groups excluding carboxylic acids is 3. The predicted octanol–water partition coefficient (Wildman–Crippen LogP) is 1.57. The van der Waals surface area contributed by atoms with Crippen LogP contribution in [0.15, 0.2) is 42.6 Å². The lowest BCUT2D eigenvalue weighted by Crippen LogP contribution is -2.46. The number of nitrogens with zero attached hydrogens (tertiary/aromatic N) is 3. The normalized spacial score (nSPS) is 13.8. The van der Waals surface area contributed by atoms with Gasteiger partial charge in [0.25, 0.3) is 5.91 Å². The number of carbonyl (C=O) groups is 3. The highest BCUT2D eigenvalue weighted by Gasteiger charge is 2.18. The second-order valence-electron chi connectivity index (χ2n) is 6.25. The zero-order chi connectivity index (χ0) is 19.2. The van der Waals surface area contributed by atoms with Crippen LogP contribution in [0.2, 0.25) is 0 Å². The number of hydrogen-bond donors (Lipinski definition) is 2. The maximum Gasteiger partial charge on any atom is 0.255 e. The van der Waals surface area contributed by atoms with Crippen LogP contribution >= 0.6 is 0 Å². The van der Waals surface area contributed by atoms with Gasteiger partial charge in [0.1, 0.15) is 5.82 Å². The van der Waals surface area contributed by atoms with Gasteiger partial charge in [0.2, 0.25) is 12.3 Å². The Bertz CT molecular complexity index is 847. The minimum atomic E-state index is -0.259. The van der Waals surface area contributed by atoms with Gasteiger partial charge < -0.3 is 20.4 Å². The third kappa shape index (κ3) is 4.81. The second kappa shape index (κ2) is 8.31. The summed E-state index contributed by atoms with van der Waals surface area (Å²) in [6.07, 6.45) is 2.45. The highest BCUT2D eigenvalue weighted by Crippen LogP contribution is 2.18. The standard InChI is InChI=1S/C19H21N5O3/c1-14(26)21-16-3-2-4-17(12-16)22-19(27)15-5-6-20-18(11-15)24-9-7-23(13-25)8-10-24/h2-6,11-13H,7-10H2,1H3,(H,21,26)(H,22,27). The van der Waals surface area contributed by atoms with Crippen molar-refractivity contribution in [3.63, 3.8) is 0 Å². The quantitative estimate of drug-likeness (QED) is 0.783. The summed E-state index contributed by atoms with van der Waals surface area (Å²) in [5.74, 6) is 0.275. The van der Waals surface area contributed by atoms with Crippen molar-refractivity contribution in [2.45, 2.75) is 6.92 Å². The van der Waals surface area contributed by atoms with Crippen LogP contribution in [-0.2, 0) is 9.59 Å². The molecule has 0 spiro atoms. The predicted molar refractivity (Wildman–Crippen MR) is 103 cm³/mol. The van der Waals surface area contributed by atoms with Crippen LogP contribution in [0.3, 0.4) is 0 Å². The Morgan fingerprint density at radius 1 is 1.04 bits per heavy atom. The van der Waals surface area contributed by atoms with Crippen LogP contribution in [0.25, 0.3) is 0 Å². The first-order chi connectivity index (χ1) is 13.0. The summed E-state index contributed by atoms with van der Waals surface area (Å²) in [6.45, 7) is 4.05. The Labute approximate surface area is 157 Å². The molecule has 3 rings (SSSR count). The van der Waals surface area contributed by atoms with E-state index in [2.05, 4.69) is 15.6 Å². The second-order valence-corrected chi connectivity index (χ2v) is 6.25. The molecule has 0 atom stereocenters. The zero-order valence-corrected chi connectivity index (χ0v) is 15.0. The van der Waals surface area contributed by atoms with E-state index in [1.807, 2.05) is 4.90 Å². The first-order valence-electron chi connectivity index (χ1n) is 8.64. The maximum atomic E-state index is 12.6. The van der Waals surface area contributed by atoms with Crippen molar-refractivity contribution in [2.24, 2.45) is 0 Å². The molecule has 1 aliphatic heterocycles. The monoisotopic (exact) mass is 367 g/mol. The first kappa shape index (κ1) is 18.4. The molecule has 140 valence electrons. The molecule has 1 aliphatic rings. The van der Waals surface area contributed by atoms with Crippen molar-refractivity contribution in [1.29, 1.82) is 0 Å². The molecule has 0 unspecified atom stereocenters. The molecule has 0 radical (unpaired) electrons. The molecule has 2 heterocycles. The van der Waals surface area contributed by atoms with Gasteiger partial charge in [-0.15, -0.1) is 0 Å². The van der Waals surface area contributed by atoms with Gasteiger partial charge in [-0.25, -0.2) is 4.98 Å². The van der Waals surface area contributed by atoms with Gasteiger partial charge in [0.05, 0.1) is 0 Å². The van der Waals surface area contributed by atoms with E-state index in [1.54, 1.807) is 47.5 Å². The summed E-state index contributed by atoms with van der Waals surface area (Å²) in [4.78, 5) is 42.7. The van der Waals surface area contributed by atoms with E-state index in [0.717, 1.165) is 6.41 Å². The largest absolute Gasteiger partial charge is 0.353 e. The van der Waals surface area contributed by atoms with Crippen molar-refractivity contribution in [3.05, 3.63) is 48.2 Å². The van der Waals surface area contributed by atoms with Crippen LogP contribution < -0.4 is 15.5 Å². The van der Waals surface area contributed by atoms with Gasteiger partial charge in [-0.05, 0) is 30.3 Å². The molecule has 1 saturated heterocycles. The number of aromatic nitrogens is 1. The minimum absolute atomic E-state index is 0.174. The number of benzene rings is 1. The fourth-order valence-electron chi connectivity index (χ4n) is 2.87. The molecule has 1 aromatic heterocycles. The summed E-state index contributed by atoms with van der Waals surface area (Å²) in [5, 5.41) is 5.51.